The molecule has 24 heavy (non-hydrogen) atoms. The first-order valence-corrected chi connectivity index (χ1v) is 8.26. The summed E-state index contributed by atoms with van der Waals surface area (Å²) in [5, 5.41) is 0. The Balaban J connectivity index is 1.66. The van der Waals surface area contributed by atoms with Gasteiger partial charge in [-0.2, -0.15) is 0 Å². The van der Waals surface area contributed by atoms with Crippen LogP contribution in [0, 0.1) is 0 Å². The number of hydrogen-bond acceptors (Lipinski definition) is 4. The highest BCUT2D eigenvalue weighted by Gasteiger charge is 2.25. The lowest BCUT2D eigenvalue weighted by molar-refractivity contribution is 0.0679. The van der Waals surface area contributed by atoms with Crippen LogP contribution in [0.4, 0.5) is 0 Å². The summed E-state index contributed by atoms with van der Waals surface area (Å²) in [6.07, 6.45) is 7.63. The van der Waals surface area contributed by atoms with Crippen LogP contribution >= 0.6 is 0 Å². The monoisotopic (exact) mass is 329 g/mol. The van der Waals surface area contributed by atoms with E-state index in [4.69, 9.17) is 9.47 Å². The molecule has 2 heterocycles. The largest absolute Gasteiger partial charge is 0.491 e. The molecule has 1 aliphatic heterocycles. The number of hydrogen-bond donors (Lipinski definition) is 0. The zero-order chi connectivity index (χ0) is 16.8. The second-order valence-electron chi connectivity index (χ2n) is 5.93. The molecule has 128 valence electrons. The Morgan fingerprint density at radius 2 is 2.29 bits per heavy atom. The Bertz CT molecular complexity index is 657. The van der Waals surface area contributed by atoms with Crippen molar-refractivity contribution in [2.75, 3.05) is 33.4 Å². The van der Waals surface area contributed by atoms with Crippen molar-refractivity contribution < 1.29 is 14.3 Å². The summed E-state index contributed by atoms with van der Waals surface area (Å²) in [4.78, 5) is 18.8. The smallest absolute Gasteiger partial charge is 0.254 e. The van der Waals surface area contributed by atoms with Crippen LogP contribution in [0.2, 0.25) is 0 Å². The maximum atomic E-state index is 12.8. The molecule has 6 nitrogen and oxygen atoms in total. The number of carbonyl (C=O) groups excluding carboxylic acids is 1. The van der Waals surface area contributed by atoms with Gasteiger partial charge in [-0.15, -0.1) is 0 Å². The molecule has 1 aromatic heterocycles. The van der Waals surface area contributed by atoms with Gasteiger partial charge in [0, 0.05) is 38.2 Å². The first-order chi connectivity index (χ1) is 11.8. The van der Waals surface area contributed by atoms with Gasteiger partial charge in [-0.25, -0.2) is 4.98 Å². The van der Waals surface area contributed by atoms with Gasteiger partial charge in [0.1, 0.15) is 12.4 Å². The molecule has 1 saturated heterocycles. The Kier molecular flexibility index (Phi) is 5.48. The van der Waals surface area contributed by atoms with Gasteiger partial charge in [-0.1, -0.05) is 6.07 Å². The minimum absolute atomic E-state index is 0.0528. The van der Waals surface area contributed by atoms with E-state index in [2.05, 4.69) is 9.55 Å². The van der Waals surface area contributed by atoms with E-state index in [0.29, 0.717) is 37.1 Å². The molecular formula is C18H23N3O3. The number of likely N-dealkylation sites (tertiary alicyclic amines) is 1. The molecule has 0 N–H and O–H groups in total. The highest BCUT2D eigenvalue weighted by Crippen LogP contribution is 2.23. The Labute approximate surface area is 142 Å². The van der Waals surface area contributed by atoms with E-state index in [1.54, 1.807) is 19.4 Å². The van der Waals surface area contributed by atoms with Crippen LogP contribution in [0.1, 0.15) is 29.2 Å². The standard InChI is InChI=1S/C18H23N3O3/c1-23-10-11-24-17-6-2-4-15(12-17)18(22)20-8-3-5-16(13-20)21-9-7-19-14-21/h2,4,6-7,9,12,14,16H,3,5,8,10-11,13H2,1H3/t16-/m1/s1. The molecule has 0 aliphatic carbocycles. The van der Waals surface area contributed by atoms with Gasteiger partial charge in [-0.3, -0.25) is 4.79 Å². The van der Waals surface area contributed by atoms with Gasteiger partial charge in [-0.05, 0) is 31.0 Å². The van der Waals surface area contributed by atoms with Gasteiger partial charge in [0.2, 0.25) is 0 Å². The van der Waals surface area contributed by atoms with E-state index >= 15 is 0 Å². The quantitative estimate of drug-likeness (QED) is 0.764. The summed E-state index contributed by atoms with van der Waals surface area (Å²) < 4.78 is 12.7. The predicted molar refractivity (Wildman–Crippen MR) is 90.2 cm³/mol. The number of methoxy groups -OCH3 is 1. The van der Waals surface area contributed by atoms with E-state index in [0.717, 1.165) is 19.4 Å². The van der Waals surface area contributed by atoms with E-state index in [1.807, 2.05) is 35.6 Å². The average molecular weight is 329 g/mol. The highest BCUT2D eigenvalue weighted by molar-refractivity contribution is 5.94. The number of imidazole rings is 1. The van der Waals surface area contributed by atoms with Crippen molar-refractivity contribution in [2.24, 2.45) is 0 Å². The summed E-state index contributed by atoms with van der Waals surface area (Å²) in [5.74, 6) is 0.748. The molecule has 1 atom stereocenters. The summed E-state index contributed by atoms with van der Waals surface area (Å²) in [6, 6.07) is 7.65. The van der Waals surface area contributed by atoms with Crippen LogP contribution in [0.5, 0.6) is 5.75 Å². The topological polar surface area (TPSA) is 56.6 Å². The third kappa shape index (κ3) is 3.94. The van der Waals surface area contributed by atoms with Gasteiger partial charge < -0.3 is 18.9 Å². The van der Waals surface area contributed by atoms with Crippen molar-refractivity contribution in [1.29, 1.82) is 0 Å². The fourth-order valence-corrected chi connectivity index (χ4v) is 3.01. The maximum Gasteiger partial charge on any atom is 0.254 e. The highest BCUT2D eigenvalue weighted by atomic mass is 16.5. The zero-order valence-corrected chi connectivity index (χ0v) is 13.9. The molecule has 1 aromatic carbocycles. The van der Waals surface area contributed by atoms with E-state index in [9.17, 15) is 4.79 Å². The molecule has 1 amide bonds. The van der Waals surface area contributed by atoms with Crippen LogP contribution in [-0.4, -0.2) is 53.8 Å². The number of rotatable bonds is 6. The van der Waals surface area contributed by atoms with Gasteiger partial charge in [0.15, 0.2) is 0 Å². The van der Waals surface area contributed by atoms with Crippen molar-refractivity contribution in [2.45, 2.75) is 18.9 Å². The maximum absolute atomic E-state index is 12.8. The first-order valence-electron chi connectivity index (χ1n) is 8.26. The van der Waals surface area contributed by atoms with E-state index in [1.165, 1.54) is 0 Å². The fourth-order valence-electron chi connectivity index (χ4n) is 3.01. The van der Waals surface area contributed by atoms with Crippen LogP contribution in [0.15, 0.2) is 43.0 Å². The summed E-state index contributed by atoms with van der Waals surface area (Å²) >= 11 is 0. The van der Waals surface area contributed by atoms with Crippen molar-refractivity contribution in [3.05, 3.63) is 48.5 Å². The normalized spacial score (nSPS) is 17.7. The second kappa shape index (κ2) is 7.97. The van der Waals surface area contributed by atoms with Crippen molar-refractivity contribution >= 4 is 5.91 Å². The summed E-state index contributed by atoms with van der Waals surface area (Å²) in [6.45, 7) is 2.50. The number of carbonyl (C=O) groups is 1. The lowest BCUT2D eigenvalue weighted by Gasteiger charge is -2.33. The van der Waals surface area contributed by atoms with Crippen LogP contribution in [0.25, 0.3) is 0 Å². The summed E-state index contributed by atoms with van der Waals surface area (Å²) in [7, 11) is 1.64. The molecule has 0 radical (unpaired) electrons. The molecule has 0 bridgehead atoms. The number of nitrogens with zero attached hydrogens (tertiary/aromatic N) is 3. The second-order valence-corrected chi connectivity index (χ2v) is 5.93. The van der Waals surface area contributed by atoms with E-state index in [-0.39, 0.29) is 5.91 Å². The SMILES string of the molecule is COCCOc1cccc(C(=O)N2CCC[C@@H](n3ccnc3)C2)c1. The van der Waals surface area contributed by atoms with Crippen LogP contribution < -0.4 is 4.74 Å². The number of piperidine rings is 1. The molecule has 6 heteroatoms. The molecular weight excluding hydrogens is 306 g/mol. The predicted octanol–water partition coefficient (Wildman–Crippen LogP) is 2.39. The Morgan fingerprint density at radius 3 is 3.08 bits per heavy atom. The third-order valence-corrected chi connectivity index (χ3v) is 4.27. The average Bonchev–Trinajstić information content (AvgIpc) is 3.16. The molecule has 2 aromatic rings. The fraction of sp³-hybridized carbons (Fsp3) is 0.444. The van der Waals surface area contributed by atoms with Crippen molar-refractivity contribution in [3.8, 4) is 5.75 Å². The third-order valence-electron chi connectivity index (χ3n) is 4.27. The molecule has 3 rings (SSSR count). The number of aromatic nitrogens is 2. The molecule has 1 fully saturated rings. The Morgan fingerprint density at radius 1 is 1.38 bits per heavy atom. The van der Waals surface area contributed by atoms with Crippen molar-refractivity contribution in [1.82, 2.24) is 14.5 Å². The Hall–Kier alpha value is -2.34. The number of amides is 1. The molecule has 0 spiro atoms. The van der Waals surface area contributed by atoms with E-state index < -0.39 is 0 Å². The first kappa shape index (κ1) is 16.5. The van der Waals surface area contributed by atoms with Crippen molar-refractivity contribution in [3.63, 3.8) is 0 Å². The zero-order valence-electron chi connectivity index (χ0n) is 13.9. The number of benzene rings is 1. The molecule has 0 unspecified atom stereocenters. The lowest BCUT2D eigenvalue weighted by Crippen LogP contribution is -2.40. The van der Waals surface area contributed by atoms with Gasteiger partial charge in [0.25, 0.3) is 5.91 Å². The summed E-state index contributed by atoms with van der Waals surface area (Å²) in [5.41, 5.74) is 0.663. The minimum Gasteiger partial charge on any atom is -0.491 e. The lowest BCUT2D eigenvalue weighted by atomic mass is 10.0. The minimum atomic E-state index is 0.0528. The molecule has 0 saturated carbocycles. The van der Waals surface area contributed by atoms with Gasteiger partial charge >= 0.3 is 0 Å². The van der Waals surface area contributed by atoms with Gasteiger partial charge in [0.05, 0.1) is 19.0 Å². The number of ether oxygens (including phenoxy) is 2. The van der Waals surface area contributed by atoms with Crippen LogP contribution in [-0.2, 0) is 4.74 Å². The van der Waals surface area contributed by atoms with Crippen LogP contribution in [0.3, 0.4) is 0 Å². The molecule has 1 aliphatic rings.